The molecule has 64 heavy (non-hydrogen) atoms. The molecule has 0 aliphatic carbocycles. The van der Waals surface area contributed by atoms with E-state index in [1.54, 1.807) is 48.5 Å². The molecule has 4 aromatic carbocycles. The molecule has 10 rings (SSSR count). The van der Waals surface area contributed by atoms with E-state index in [2.05, 4.69) is 71.0 Å². The largest absolute Gasteiger partial charge is 0.586 e. The number of hydrogen-bond acceptors (Lipinski definition) is 11. The highest BCUT2D eigenvalue weighted by atomic mass is 79.9. The summed E-state index contributed by atoms with van der Waals surface area (Å²) in [6, 6.07) is 24.1. The summed E-state index contributed by atoms with van der Waals surface area (Å²) in [6.45, 7) is 3.25. The smallest absolute Gasteiger partial charge is 0.440 e. The minimum atomic E-state index is -3.70. The Morgan fingerprint density at radius 1 is 0.578 bits per heavy atom. The monoisotopic (exact) mass is 1020 g/mol. The number of ether oxygens (including phenoxy) is 4. The number of aryl methyl sites for hydroxylation is 4. The van der Waals surface area contributed by atoms with E-state index in [4.69, 9.17) is 20.4 Å². The molecule has 0 radical (unpaired) electrons. The van der Waals surface area contributed by atoms with Crippen molar-refractivity contribution in [2.75, 3.05) is 0 Å². The Morgan fingerprint density at radius 2 is 1.00 bits per heavy atom. The van der Waals surface area contributed by atoms with Crippen molar-refractivity contribution in [2.24, 2.45) is 14.1 Å². The number of benzene rings is 4. The molecule has 1 N–H and O–H groups in total. The van der Waals surface area contributed by atoms with Crippen LogP contribution in [0.1, 0.15) is 23.2 Å². The SMILES string of the molecule is Cc1nc(-c2ccc3c(c2)OC(F)(F)O3)c(-c2cc(Br)ccc2-c2cc(CCl)nn2C)o1.Cc1nc(-c2ccc3c(c2)OC(F)(F)O3)c(-c2cc(Br)ccc2-c2cc(CO)nn2C)o1. The van der Waals surface area contributed by atoms with Gasteiger partial charge in [0.2, 0.25) is 0 Å². The molecule has 2 aliphatic rings. The van der Waals surface area contributed by atoms with E-state index in [1.807, 2.05) is 49.5 Å². The molecule has 0 amide bonds. The molecule has 0 spiro atoms. The minimum Gasteiger partial charge on any atom is -0.440 e. The highest BCUT2D eigenvalue weighted by Gasteiger charge is 2.44. The molecule has 13 nitrogen and oxygen atoms in total. The van der Waals surface area contributed by atoms with Crippen LogP contribution in [0.3, 0.4) is 0 Å². The summed E-state index contributed by atoms with van der Waals surface area (Å²) in [5, 5.41) is 18.2. The van der Waals surface area contributed by atoms with E-state index in [1.165, 1.54) is 24.3 Å². The van der Waals surface area contributed by atoms with Crippen molar-refractivity contribution in [3.8, 4) is 90.7 Å². The first-order valence-electron chi connectivity index (χ1n) is 19.1. The third kappa shape index (κ3) is 8.35. The van der Waals surface area contributed by atoms with Crippen LogP contribution in [0.5, 0.6) is 23.0 Å². The molecule has 6 heterocycles. The third-order valence-electron chi connectivity index (χ3n) is 9.98. The standard InChI is InChI=1S/C22H15BrClF2N3O3.C22H16BrF2N3O4/c1-11-27-20(12-3-6-18-19(7-12)32-22(25,26)31-18)21(30-11)16-8-13(23)4-5-15(16)17-9-14(10-24)28-29(17)2;1-11-26-20(12-3-6-18-19(7-12)32-22(24,25)31-18)21(30-11)16-8-13(23)4-5-15(16)17-9-14(10-29)27-28(17)2/h3-9H,10H2,1-2H3;3-9,29H,10H2,1-2H3. The molecule has 2 aliphatic heterocycles. The predicted octanol–water partition coefficient (Wildman–Crippen LogP) is 11.8. The average Bonchev–Trinajstić information content (AvgIpc) is 4.10. The summed E-state index contributed by atoms with van der Waals surface area (Å²) in [6.07, 6.45) is -7.40. The first-order chi connectivity index (χ1) is 30.5. The van der Waals surface area contributed by atoms with E-state index in [0.29, 0.717) is 57.1 Å². The molecule has 20 heteroatoms. The molecule has 4 aromatic heterocycles. The van der Waals surface area contributed by atoms with Crippen LogP contribution < -0.4 is 18.9 Å². The van der Waals surface area contributed by atoms with Crippen molar-refractivity contribution in [3.05, 3.63) is 117 Å². The molecule has 8 aromatic rings. The van der Waals surface area contributed by atoms with E-state index in [-0.39, 0.29) is 35.5 Å². The molecular formula is C44H31Br2ClF4N6O7. The molecule has 0 bridgehead atoms. The Hall–Kier alpha value is -6.15. The van der Waals surface area contributed by atoms with Crippen LogP contribution >= 0.6 is 43.5 Å². The van der Waals surface area contributed by atoms with Gasteiger partial charge >= 0.3 is 12.6 Å². The van der Waals surface area contributed by atoms with Gasteiger partial charge in [0.15, 0.2) is 46.3 Å². The van der Waals surface area contributed by atoms with Crippen LogP contribution in [0.25, 0.3) is 67.7 Å². The number of rotatable bonds is 8. The van der Waals surface area contributed by atoms with Gasteiger partial charge in [-0.05, 0) is 72.8 Å². The number of oxazole rings is 2. The van der Waals surface area contributed by atoms with Gasteiger partial charge in [-0.25, -0.2) is 9.97 Å². The van der Waals surface area contributed by atoms with Crippen LogP contribution in [0, 0.1) is 13.8 Å². The number of nitrogens with zero attached hydrogens (tertiary/aromatic N) is 6. The van der Waals surface area contributed by atoms with Crippen LogP contribution in [0.15, 0.2) is 103 Å². The van der Waals surface area contributed by atoms with Crippen LogP contribution in [0.4, 0.5) is 17.6 Å². The number of hydrogen-bond donors (Lipinski definition) is 1. The van der Waals surface area contributed by atoms with Gasteiger partial charge in [0.1, 0.15) is 11.4 Å². The van der Waals surface area contributed by atoms with Crippen molar-refractivity contribution in [2.45, 2.75) is 38.9 Å². The molecule has 0 atom stereocenters. The van der Waals surface area contributed by atoms with Gasteiger partial charge in [-0.3, -0.25) is 9.36 Å². The highest BCUT2D eigenvalue weighted by molar-refractivity contribution is 9.10. The maximum atomic E-state index is 13.5. The summed E-state index contributed by atoms with van der Waals surface area (Å²) in [5.41, 5.74) is 8.03. The van der Waals surface area contributed by atoms with Gasteiger partial charge in [-0.15, -0.1) is 29.2 Å². The van der Waals surface area contributed by atoms with Crippen molar-refractivity contribution in [1.29, 1.82) is 0 Å². The number of halogens is 7. The zero-order valence-corrected chi connectivity index (χ0v) is 37.7. The normalized spacial score (nSPS) is 14.2. The van der Waals surface area contributed by atoms with E-state index < -0.39 is 12.6 Å². The van der Waals surface area contributed by atoms with Crippen LogP contribution in [-0.2, 0) is 26.6 Å². The molecule has 0 unspecified atom stereocenters. The third-order valence-corrected chi connectivity index (χ3v) is 11.2. The lowest BCUT2D eigenvalue weighted by Gasteiger charge is -2.10. The van der Waals surface area contributed by atoms with Crippen molar-refractivity contribution < 1.29 is 50.4 Å². The lowest BCUT2D eigenvalue weighted by Crippen LogP contribution is -2.25. The Kier molecular flexibility index (Phi) is 11.1. The van der Waals surface area contributed by atoms with Gasteiger partial charge in [-0.1, -0.05) is 44.0 Å². The molecule has 0 fully saturated rings. The maximum absolute atomic E-state index is 13.5. The maximum Gasteiger partial charge on any atom is 0.586 e. The number of alkyl halides is 5. The summed E-state index contributed by atoms with van der Waals surface area (Å²) in [5.74, 6) is 1.84. The Balaban J connectivity index is 0.000000162. The molecule has 328 valence electrons. The van der Waals surface area contributed by atoms with Gasteiger partial charge < -0.3 is 32.9 Å². The van der Waals surface area contributed by atoms with E-state index >= 15 is 0 Å². The summed E-state index contributed by atoms with van der Waals surface area (Å²) >= 11 is 13.0. The van der Waals surface area contributed by atoms with Gasteiger partial charge in [0.25, 0.3) is 0 Å². The van der Waals surface area contributed by atoms with Gasteiger partial charge in [0.05, 0.1) is 35.3 Å². The Bertz CT molecular complexity index is 2910. The fraction of sp³-hybridized carbons (Fsp3) is 0.182. The molecule has 0 saturated heterocycles. The fourth-order valence-electron chi connectivity index (χ4n) is 7.36. The minimum absolute atomic E-state index is 0.0350. The summed E-state index contributed by atoms with van der Waals surface area (Å²) in [4.78, 5) is 9.02. The van der Waals surface area contributed by atoms with Crippen LogP contribution in [0.2, 0.25) is 0 Å². The second-order valence-electron chi connectivity index (χ2n) is 14.4. The molecular weight excluding hydrogens is 996 g/mol. The van der Waals surface area contributed by atoms with E-state index in [0.717, 1.165) is 42.7 Å². The number of aliphatic hydroxyl groups excluding tert-OH is 1. The van der Waals surface area contributed by atoms with Crippen LogP contribution in [-0.4, -0.2) is 47.2 Å². The number of aromatic nitrogens is 6. The fourth-order valence-corrected chi connectivity index (χ4v) is 8.21. The predicted molar refractivity (Wildman–Crippen MR) is 232 cm³/mol. The molecule has 0 saturated carbocycles. The van der Waals surface area contributed by atoms with E-state index in [9.17, 15) is 22.7 Å². The van der Waals surface area contributed by atoms with Crippen molar-refractivity contribution in [1.82, 2.24) is 29.5 Å². The summed E-state index contributed by atoms with van der Waals surface area (Å²) in [7, 11) is 3.62. The Labute approximate surface area is 382 Å². The first-order valence-corrected chi connectivity index (χ1v) is 21.2. The number of aliphatic hydroxyl groups is 1. The van der Waals surface area contributed by atoms with Crippen molar-refractivity contribution >= 4 is 43.5 Å². The second-order valence-corrected chi connectivity index (χ2v) is 16.5. The quantitative estimate of drug-likeness (QED) is 0.115. The van der Waals surface area contributed by atoms with Crippen molar-refractivity contribution in [3.63, 3.8) is 0 Å². The number of fused-ring (bicyclic) bond motifs is 2. The lowest BCUT2D eigenvalue weighted by atomic mass is 9.98. The lowest BCUT2D eigenvalue weighted by molar-refractivity contribution is -0.287. The second kappa shape index (κ2) is 16.4. The average molecular weight is 1030 g/mol. The zero-order chi connectivity index (χ0) is 45.2. The van der Waals surface area contributed by atoms with Gasteiger partial charge in [0, 0.05) is 70.3 Å². The topological polar surface area (TPSA) is 145 Å². The zero-order valence-electron chi connectivity index (χ0n) is 33.7. The Morgan fingerprint density at radius 3 is 1.41 bits per heavy atom. The first kappa shape index (κ1) is 43.1. The van der Waals surface area contributed by atoms with Gasteiger partial charge in [-0.2, -0.15) is 10.2 Å². The summed E-state index contributed by atoms with van der Waals surface area (Å²) < 4.78 is 89.1. The highest BCUT2D eigenvalue weighted by Crippen LogP contribution is 2.48.